The van der Waals surface area contributed by atoms with Gasteiger partial charge in [-0.2, -0.15) is 0 Å². The molecule has 0 radical (unpaired) electrons. The summed E-state index contributed by atoms with van der Waals surface area (Å²) < 4.78 is 0. The number of aryl methyl sites for hydroxylation is 1. The van der Waals surface area contributed by atoms with Crippen molar-refractivity contribution in [2.75, 3.05) is 5.32 Å². The zero-order chi connectivity index (χ0) is 12.8. The maximum atomic E-state index is 9.07. The molecule has 0 aliphatic heterocycles. The summed E-state index contributed by atoms with van der Waals surface area (Å²) >= 11 is 0. The third-order valence-corrected chi connectivity index (χ3v) is 2.73. The topological polar surface area (TPSA) is 58.0 Å². The third-order valence-electron chi connectivity index (χ3n) is 2.73. The van der Waals surface area contributed by atoms with E-state index in [0.717, 1.165) is 29.1 Å². The molecule has 1 aromatic carbocycles. The summed E-state index contributed by atoms with van der Waals surface area (Å²) in [5.74, 6) is 0.830. The van der Waals surface area contributed by atoms with E-state index < -0.39 is 0 Å². The second kappa shape index (κ2) is 6.12. The summed E-state index contributed by atoms with van der Waals surface area (Å²) in [4.78, 5) is 8.33. The zero-order valence-electron chi connectivity index (χ0n) is 10.4. The lowest BCUT2D eigenvalue weighted by atomic mass is 10.1. The molecule has 0 spiro atoms. The third kappa shape index (κ3) is 3.28. The maximum absolute atomic E-state index is 9.07. The first-order valence-corrected chi connectivity index (χ1v) is 6.05. The van der Waals surface area contributed by atoms with Crippen molar-refractivity contribution in [2.45, 2.75) is 26.5 Å². The number of hydrogen-bond acceptors (Lipinski definition) is 4. The van der Waals surface area contributed by atoms with Gasteiger partial charge >= 0.3 is 0 Å². The van der Waals surface area contributed by atoms with Gasteiger partial charge < -0.3 is 10.4 Å². The van der Waals surface area contributed by atoms with Gasteiger partial charge in [0.15, 0.2) is 0 Å². The first-order valence-electron chi connectivity index (χ1n) is 6.05. The fraction of sp³-hybridized carbons (Fsp3) is 0.286. The van der Waals surface area contributed by atoms with Gasteiger partial charge in [0.25, 0.3) is 0 Å². The number of aliphatic hydroxyl groups is 1. The number of nitrogens with zero attached hydrogens (tertiary/aromatic N) is 2. The number of nitrogens with one attached hydrogen (secondary N) is 1. The highest BCUT2D eigenvalue weighted by Crippen LogP contribution is 2.09. The molecule has 0 fully saturated rings. The normalized spacial score (nSPS) is 10.3. The molecule has 94 valence electrons. The Morgan fingerprint density at radius 3 is 2.78 bits per heavy atom. The van der Waals surface area contributed by atoms with Crippen LogP contribution >= 0.6 is 0 Å². The van der Waals surface area contributed by atoms with Gasteiger partial charge in [0.2, 0.25) is 0 Å². The minimum atomic E-state index is 0.0708. The SMILES string of the molecule is CCc1cc(NCc2cccc(CO)c2)ncn1. The summed E-state index contributed by atoms with van der Waals surface area (Å²) in [5, 5.41) is 12.3. The van der Waals surface area contributed by atoms with Crippen LogP contribution in [0.1, 0.15) is 23.7 Å². The summed E-state index contributed by atoms with van der Waals surface area (Å²) in [6, 6.07) is 9.81. The number of aromatic nitrogens is 2. The van der Waals surface area contributed by atoms with Gasteiger partial charge in [-0.25, -0.2) is 9.97 Å². The molecule has 0 amide bonds. The molecule has 2 aromatic rings. The summed E-state index contributed by atoms with van der Waals surface area (Å²) in [6.45, 7) is 2.83. The number of benzene rings is 1. The molecule has 0 aliphatic rings. The van der Waals surface area contributed by atoms with Crippen molar-refractivity contribution in [3.05, 3.63) is 53.5 Å². The molecule has 2 N–H and O–H groups in total. The van der Waals surface area contributed by atoms with Crippen LogP contribution < -0.4 is 5.32 Å². The van der Waals surface area contributed by atoms with Crippen LogP contribution in [0.25, 0.3) is 0 Å². The van der Waals surface area contributed by atoms with E-state index in [1.165, 1.54) is 0 Å². The van der Waals surface area contributed by atoms with Crippen molar-refractivity contribution in [3.8, 4) is 0 Å². The van der Waals surface area contributed by atoms with E-state index in [1.807, 2.05) is 30.3 Å². The molecule has 0 saturated heterocycles. The Hall–Kier alpha value is -1.94. The summed E-state index contributed by atoms with van der Waals surface area (Å²) in [7, 11) is 0. The molecule has 2 rings (SSSR count). The number of hydrogen-bond donors (Lipinski definition) is 2. The predicted octanol–water partition coefficient (Wildman–Crippen LogP) is 2.14. The average molecular weight is 243 g/mol. The molecule has 0 aliphatic carbocycles. The summed E-state index contributed by atoms with van der Waals surface area (Å²) in [6.07, 6.45) is 2.47. The zero-order valence-corrected chi connectivity index (χ0v) is 10.4. The molecule has 1 heterocycles. The van der Waals surface area contributed by atoms with Gasteiger partial charge in [0, 0.05) is 18.3 Å². The Labute approximate surface area is 107 Å². The van der Waals surface area contributed by atoms with Gasteiger partial charge in [0.05, 0.1) is 6.61 Å². The molecule has 4 nitrogen and oxygen atoms in total. The van der Waals surface area contributed by atoms with Gasteiger partial charge in [0.1, 0.15) is 12.1 Å². The van der Waals surface area contributed by atoms with Gasteiger partial charge in [-0.1, -0.05) is 31.2 Å². The Morgan fingerprint density at radius 1 is 1.17 bits per heavy atom. The molecule has 0 saturated carbocycles. The molecule has 0 bridgehead atoms. The van der Waals surface area contributed by atoms with Crippen molar-refractivity contribution < 1.29 is 5.11 Å². The molecular weight excluding hydrogens is 226 g/mol. The molecule has 18 heavy (non-hydrogen) atoms. The highest BCUT2D eigenvalue weighted by Gasteiger charge is 1.98. The number of anilines is 1. The predicted molar refractivity (Wildman–Crippen MR) is 71.1 cm³/mol. The summed E-state index contributed by atoms with van der Waals surface area (Å²) in [5.41, 5.74) is 3.07. The molecular formula is C14H17N3O. The van der Waals surface area contributed by atoms with Gasteiger partial charge in [-0.15, -0.1) is 0 Å². The average Bonchev–Trinajstić information content (AvgIpc) is 2.45. The lowest BCUT2D eigenvalue weighted by molar-refractivity contribution is 0.281. The van der Waals surface area contributed by atoms with Gasteiger partial charge in [-0.05, 0) is 17.5 Å². The quantitative estimate of drug-likeness (QED) is 0.844. The largest absolute Gasteiger partial charge is 0.392 e. The number of rotatable bonds is 5. The first-order chi connectivity index (χ1) is 8.81. The molecule has 4 heteroatoms. The maximum Gasteiger partial charge on any atom is 0.129 e. The van der Waals surface area contributed by atoms with E-state index in [2.05, 4.69) is 22.2 Å². The van der Waals surface area contributed by atoms with Crippen molar-refractivity contribution in [1.29, 1.82) is 0 Å². The fourth-order valence-electron chi connectivity index (χ4n) is 1.72. The highest BCUT2D eigenvalue weighted by molar-refractivity contribution is 5.36. The highest BCUT2D eigenvalue weighted by atomic mass is 16.3. The lowest BCUT2D eigenvalue weighted by Crippen LogP contribution is -2.03. The minimum Gasteiger partial charge on any atom is -0.392 e. The smallest absolute Gasteiger partial charge is 0.129 e. The fourth-order valence-corrected chi connectivity index (χ4v) is 1.72. The Balaban J connectivity index is 2.01. The second-order valence-corrected chi connectivity index (χ2v) is 4.08. The Morgan fingerprint density at radius 2 is 2.00 bits per heavy atom. The van der Waals surface area contributed by atoms with E-state index >= 15 is 0 Å². The number of aliphatic hydroxyl groups excluding tert-OH is 1. The van der Waals surface area contributed by atoms with Crippen LogP contribution in [-0.4, -0.2) is 15.1 Å². The molecule has 0 atom stereocenters. The van der Waals surface area contributed by atoms with Crippen LogP contribution in [-0.2, 0) is 19.6 Å². The van der Waals surface area contributed by atoms with Gasteiger partial charge in [-0.3, -0.25) is 0 Å². The minimum absolute atomic E-state index is 0.0708. The van der Waals surface area contributed by atoms with Crippen molar-refractivity contribution in [2.24, 2.45) is 0 Å². The Kier molecular flexibility index (Phi) is 4.25. The lowest BCUT2D eigenvalue weighted by Gasteiger charge is -2.07. The Bertz CT molecular complexity index is 466. The van der Waals surface area contributed by atoms with E-state index in [-0.39, 0.29) is 6.61 Å². The van der Waals surface area contributed by atoms with Crippen LogP contribution in [0.5, 0.6) is 0 Å². The first kappa shape index (κ1) is 12.5. The van der Waals surface area contributed by atoms with E-state index in [4.69, 9.17) is 5.11 Å². The van der Waals surface area contributed by atoms with Crippen LogP contribution in [0.15, 0.2) is 36.7 Å². The van der Waals surface area contributed by atoms with Crippen molar-refractivity contribution in [1.82, 2.24) is 9.97 Å². The molecule has 1 aromatic heterocycles. The van der Waals surface area contributed by atoms with Crippen LogP contribution in [0.4, 0.5) is 5.82 Å². The van der Waals surface area contributed by atoms with Crippen LogP contribution in [0.3, 0.4) is 0 Å². The van der Waals surface area contributed by atoms with Crippen molar-refractivity contribution >= 4 is 5.82 Å². The van der Waals surface area contributed by atoms with Crippen LogP contribution in [0, 0.1) is 0 Å². The monoisotopic (exact) mass is 243 g/mol. The second-order valence-electron chi connectivity index (χ2n) is 4.08. The van der Waals surface area contributed by atoms with Crippen LogP contribution in [0.2, 0.25) is 0 Å². The van der Waals surface area contributed by atoms with E-state index in [9.17, 15) is 0 Å². The van der Waals surface area contributed by atoms with Crippen molar-refractivity contribution in [3.63, 3.8) is 0 Å². The van der Waals surface area contributed by atoms with E-state index in [1.54, 1.807) is 6.33 Å². The standard InChI is InChI=1S/C14H17N3O/c1-2-13-7-14(17-10-16-13)15-8-11-4-3-5-12(6-11)9-18/h3-7,10,18H,2,8-9H2,1H3,(H,15,16,17). The molecule has 0 unspecified atom stereocenters. The van der Waals surface area contributed by atoms with E-state index in [0.29, 0.717) is 6.54 Å².